The second kappa shape index (κ2) is 29.0. The molecule has 0 bridgehead atoms. The van der Waals surface area contributed by atoms with Crippen molar-refractivity contribution in [3.05, 3.63) is 306 Å². The van der Waals surface area contributed by atoms with Gasteiger partial charge in [-0.05, 0) is 250 Å². The molecule has 13 aromatic carbocycles. The molecule has 17 rings (SSSR count). The molecule has 2 aromatic heterocycles. The molecule has 0 saturated heterocycles. The number of benzene rings is 13. The van der Waals surface area contributed by atoms with Crippen LogP contribution in [0.3, 0.4) is 0 Å². The predicted molar refractivity (Wildman–Crippen MR) is 509 cm³/mol. The Kier molecular flexibility index (Phi) is 18.3. The number of hydrogen-bond acceptors (Lipinski definition) is 2. The molecule has 2 aliphatic rings. The van der Waals surface area contributed by atoms with Gasteiger partial charge in [-0.2, -0.15) is 0 Å². The van der Waals surface area contributed by atoms with Gasteiger partial charge in [0.1, 0.15) is 0 Å². The van der Waals surface area contributed by atoms with Gasteiger partial charge in [-0.15, -0.1) is 0 Å². The van der Waals surface area contributed by atoms with Gasteiger partial charge >= 0.3 is 0 Å². The first-order valence-electron chi connectivity index (χ1n) is 44.7. The zero-order valence-electron chi connectivity index (χ0n) is 77.1. The zero-order chi connectivity index (χ0) is 86.0. The van der Waals surface area contributed by atoms with Gasteiger partial charge in [-0.25, -0.2) is 0 Å². The van der Waals surface area contributed by atoms with Gasteiger partial charge in [0.15, 0.2) is 0 Å². The first-order valence-corrected chi connectivity index (χ1v) is 42.7. The number of fused-ring (bicyclic) bond motifs is 10. The van der Waals surface area contributed by atoms with Crippen LogP contribution in [-0.4, -0.2) is 15.8 Å². The Morgan fingerprint density at radius 2 is 0.564 bits per heavy atom. The summed E-state index contributed by atoms with van der Waals surface area (Å²) in [4.78, 5) is 5.25. The number of anilines is 6. The molecule has 0 radical (unpaired) electrons. The van der Waals surface area contributed by atoms with Crippen LogP contribution < -0.4 is 26.2 Å². The van der Waals surface area contributed by atoms with Gasteiger partial charge in [0.25, 0.3) is 6.71 Å². The van der Waals surface area contributed by atoms with E-state index in [4.69, 9.17) is 0 Å². The highest BCUT2D eigenvalue weighted by molar-refractivity contribution is 7.00. The second-order valence-electron chi connectivity index (χ2n) is 41.8. The zero-order valence-corrected chi connectivity index (χ0v) is 73.1. The van der Waals surface area contributed by atoms with E-state index in [1.54, 1.807) is 0 Å². The van der Waals surface area contributed by atoms with Crippen molar-refractivity contribution in [3.63, 3.8) is 0 Å². The summed E-state index contributed by atoms with van der Waals surface area (Å²) in [5.41, 5.74) is 28.4. The van der Waals surface area contributed by atoms with Crippen LogP contribution in [-0.2, 0) is 43.8 Å². The molecule has 0 saturated carbocycles. The standard InChI is InChI=1S/C112H119BN4/c1-106(2,3)66-72-34-30-38-76(54-72)89-64-99(91(58-80(89)70-110(13,14)15)78-40-32-36-74(56-78)68-108(7,8)9)116-101-62-83(114-95-46-26-22-42-85(95)86-43-23-27-47-96(86)114)50-52-93(101)113-94-53-51-84(115-97-48-28-24-44-87(97)88-45-25-29-49-98(88)115)63-102(94)117(104-61-82(112(19,20)21)60-103(116)105(104)113)100-65-90(77-39-31-35-73(55-77)67-107(4,5)6)81(71-111(16,17)18)59-92(100)79-41-33-37-75(57-79)69-109(10,11)12/h22-65H,66-71H2,1-21H3/i70D2,71D2. The van der Waals surface area contributed by atoms with E-state index in [9.17, 15) is 5.48 Å². The lowest BCUT2D eigenvalue weighted by atomic mass is 9.33. The molecule has 0 N–H and O–H groups in total. The van der Waals surface area contributed by atoms with E-state index in [0.29, 0.717) is 11.1 Å². The fourth-order valence-electron chi connectivity index (χ4n) is 18.9. The van der Waals surface area contributed by atoms with Crippen LogP contribution in [0.1, 0.15) is 190 Å². The van der Waals surface area contributed by atoms with E-state index in [1.165, 1.54) is 43.8 Å². The highest BCUT2D eigenvalue weighted by atomic mass is 15.2. The third kappa shape index (κ3) is 15.7. The quantitative estimate of drug-likeness (QED) is 0.101. The number of rotatable bonds is 14. The maximum absolute atomic E-state index is 10.8. The van der Waals surface area contributed by atoms with Crippen molar-refractivity contribution in [3.8, 4) is 55.9 Å². The molecule has 2 aliphatic heterocycles. The minimum Gasteiger partial charge on any atom is -0.311 e. The lowest BCUT2D eigenvalue weighted by Crippen LogP contribution is -2.61. The molecular weight excluding hydrogens is 1410 g/mol. The van der Waals surface area contributed by atoms with Crippen LogP contribution >= 0.6 is 0 Å². The van der Waals surface area contributed by atoms with Gasteiger partial charge in [-0.3, -0.25) is 0 Å². The third-order valence-corrected chi connectivity index (χ3v) is 23.2. The fourth-order valence-corrected chi connectivity index (χ4v) is 18.9. The average Bonchev–Trinajstić information content (AvgIpc) is 0.700. The normalized spacial score (nSPS) is 14.2. The molecule has 4 heterocycles. The largest absolute Gasteiger partial charge is 0.311 e. The van der Waals surface area contributed by atoms with E-state index >= 15 is 0 Å². The Hall–Kier alpha value is -10.9. The smallest absolute Gasteiger partial charge is 0.252 e. The summed E-state index contributed by atoms with van der Waals surface area (Å²) in [6.45, 7) is 46.7. The summed E-state index contributed by atoms with van der Waals surface area (Å²) in [5, 5.41) is 4.73. The Morgan fingerprint density at radius 3 is 0.855 bits per heavy atom. The summed E-state index contributed by atoms with van der Waals surface area (Å²) in [5.74, 6) is 0. The Labute approximate surface area is 704 Å². The van der Waals surface area contributed by atoms with E-state index in [-0.39, 0.29) is 28.4 Å². The van der Waals surface area contributed by atoms with Crippen molar-refractivity contribution in [1.29, 1.82) is 0 Å². The lowest BCUT2D eigenvalue weighted by Gasteiger charge is -2.46. The first kappa shape index (κ1) is 73.7. The van der Waals surface area contributed by atoms with Crippen molar-refractivity contribution in [2.45, 2.75) is 189 Å². The van der Waals surface area contributed by atoms with Crippen molar-refractivity contribution in [2.24, 2.45) is 32.5 Å². The van der Waals surface area contributed by atoms with E-state index < -0.39 is 29.0 Å². The highest BCUT2D eigenvalue weighted by Gasteiger charge is 2.46. The maximum atomic E-state index is 10.8. The van der Waals surface area contributed by atoms with Crippen molar-refractivity contribution >= 4 is 101 Å². The molecule has 0 atom stereocenters. The van der Waals surface area contributed by atoms with Crippen molar-refractivity contribution < 1.29 is 5.48 Å². The molecule has 0 aliphatic carbocycles. The molecule has 4 nitrogen and oxygen atoms in total. The molecule has 0 fully saturated rings. The van der Waals surface area contributed by atoms with Crippen LogP contribution in [0.4, 0.5) is 34.1 Å². The van der Waals surface area contributed by atoms with Crippen molar-refractivity contribution in [1.82, 2.24) is 9.13 Å². The summed E-state index contributed by atoms with van der Waals surface area (Å²) in [7, 11) is 0. The second-order valence-corrected chi connectivity index (χ2v) is 41.8. The summed E-state index contributed by atoms with van der Waals surface area (Å²) < 4.78 is 48.0. The van der Waals surface area contributed by atoms with Crippen LogP contribution in [0.2, 0.25) is 0 Å². The van der Waals surface area contributed by atoms with Crippen molar-refractivity contribution in [2.75, 3.05) is 9.80 Å². The van der Waals surface area contributed by atoms with Crippen LogP contribution in [0.15, 0.2) is 267 Å². The minimum absolute atomic E-state index is 0.0228. The van der Waals surface area contributed by atoms with E-state index in [1.807, 2.05) is 0 Å². The third-order valence-electron chi connectivity index (χ3n) is 23.2. The monoisotopic (exact) mass is 1530 g/mol. The lowest BCUT2D eigenvalue weighted by molar-refractivity contribution is 0.410. The number of para-hydroxylation sites is 4. The Morgan fingerprint density at radius 1 is 0.265 bits per heavy atom. The molecule has 0 spiro atoms. The molecule has 117 heavy (non-hydrogen) atoms. The molecule has 0 amide bonds. The fraction of sp³-hybridized carbons (Fsp3) is 0.304. The Bertz CT molecular complexity index is 6120. The summed E-state index contributed by atoms with van der Waals surface area (Å²) >= 11 is 0. The SMILES string of the molecule is [2H]C([2H])(c1cc(-c2cccc(CC(C)(C)C)c2)c(N2c3cc(-n4c5ccccc5c5ccccc54)ccc3B3c4ccc(-n5c6ccccc6c6ccccc65)cc4N(c4cc(-c5cccc(CC(C)(C)C)c5)c(C([2H])([2H])C(C)(C)C)cc4-c4cccc(CC(C)(C)C)c4)c4cc(C(C)(C)C)cc2c43)cc1-c1cccc(CC(C)(C)C)c1)C(C)(C)C. The summed E-state index contributed by atoms with van der Waals surface area (Å²) in [6.07, 6.45) is -0.342. The molecule has 0 unspecified atom stereocenters. The topological polar surface area (TPSA) is 16.3 Å². The molecule has 5 heteroatoms. The van der Waals surface area contributed by atoms with Gasteiger partial charge in [0.2, 0.25) is 0 Å². The van der Waals surface area contributed by atoms with E-state index in [2.05, 4.69) is 431 Å². The summed E-state index contributed by atoms with van der Waals surface area (Å²) in [6, 6.07) is 101. The molecule has 15 aromatic rings. The van der Waals surface area contributed by atoms with Gasteiger partial charge in [0.05, 0.1) is 33.4 Å². The van der Waals surface area contributed by atoms with Crippen LogP contribution in [0.25, 0.3) is 99.5 Å². The highest BCUT2D eigenvalue weighted by Crippen LogP contribution is 2.54. The molecular formula is C112H119BN4. The maximum Gasteiger partial charge on any atom is 0.252 e. The number of aromatic nitrogens is 2. The first-order chi connectivity index (χ1) is 56.9. The van der Waals surface area contributed by atoms with Crippen LogP contribution in [0, 0.1) is 32.5 Å². The predicted octanol–water partition coefficient (Wildman–Crippen LogP) is 29.5. The van der Waals surface area contributed by atoms with Gasteiger partial charge in [0, 0.05) is 72.3 Å². The minimum atomic E-state index is -1.85. The number of hydrogen-bond donors (Lipinski definition) is 0. The van der Waals surface area contributed by atoms with Gasteiger partial charge in [-0.1, -0.05) is 327 Å². The van der Waals surface area contributed by atoms with Gasteiger partial charge < -0.3 is 18.9 Å². The molecule has 590 valence electrons. The number of nitrogens with zero attached hydrogens (tertiary/aromatic N) is 4. The Balaban J connectivity index is 1.08. The average molecular weight is 1540 g/mol. The van der Waals surface area contributed by atoms with E-state index in [0.717, 1.165) is 160 Å². The van der Waals surface area contributed by atoms with Crippen LogP contribution in [0.5, 0.6) is 0 Å².